The Balaban J connectivity index is 2.21. The molecule has 0 aromatic heterocycles. The number of hydrogen-bond acceptors (Lipinski definition) is 1. The molecule has 1 aliphatic heterocycles. The first-order valence-corrected chi connectivity index (χ1v) is 6.15. The van der Waals surface area contributed by atoms with Gasteiger partial charge in [-0.15, -0.1) is 0 Å². The SMILES string of the molecule is CCN=C1Nc2ccccc2-c2ccccc2N1. The molecule has 0 atom stereocenters. The van der Waals surface area contributed by atoms with Crippen LogP contribution in [0.25, 0.3) is 11.1 Å². The Bertz CT molecular complexity index is 553. The Morgan fingerprint density at radius 2 is 1.33 bits per heavy atom. The molecule has 0 unspecified atom stereocenters. The predicted molar refractivity (Wildman–Crippen MR) is 77.1 cm³/mol. The first-order chi connectivity index (χ1) is 8.88. The van der Waals surface area contributed by atoms with E-state index in [9.17, 15) is 0 Å². The van der Waals surface area contributed by atoms with Gasteiger partial charge in [0.05, 0.1) is 0 Å². The highest BCUT2D eigenvalue weighted by Crippen LogP contribution is 2.35. The van der Waals surface area contributed by atoms with Gasteiger partial charge >= 0.3 is 0 Å². The number of rotatable bonds is 1. The van der Waals surface area contributed by atoms with Crippen LogP contribution in [0, 0.1) is 0 Å². The zero-order chi connectivity index (χ0) is 12.4. The van der Waals surface area contributed by atoms with Crippen LogP contribution in [0.15, 0.2) is 53.5 Å². The van der Waals surface area contributed by atoms with E-state index in [1.807, 2.05) is 19.1 Å². The number of hydrogen-bond donors (Lipinski definition) is 2. The summed E-state index contributed by atoms with van der Waals surface area (Å²) in [4.78, 5) is 4.44. The molecular weight excluding hydrogens is 222 g/mol. The number of nitrogens with zero attached hydrogens (tertiary/aromatic N) is 1. The molecule has 3 rings (SSSR count). The maximum absolute atomic E-state index is 4.44. The summed E-state index contributed by atoms with van der Waals surface area (Å²) in [6.45, 7) is 2.78. The Kier molecular flexibility index (Phi) is 2.73. The summed E-state index contributed by atoms with van der Waals surface area (Å²) in [6.07, 6.45) is 0. The lowest BCUT2D eigenvalue weighted by molar-refractivity contribution is 1.12. The molecule has 0 radical (unpaired) electrons. The lowest BCUT2D eigenvalue weighted by Gasteiger charge is -2.08. The monoisotopic (exact) mass is 237 g/mol. The van der Waals surface area contributed by atoms with E-state index in [-0.39, 0.29) is 0 Å². The van der Waals surface area contributed by atoms with E-state index < -0.39 is 0 Å². The molecule has 1 aliphatic rings. The Morgan fingerprint density at radius 3 is 1.83 bits per heavy atom. The molecule has 3 nitrogen and oxygen atoms in total. The molecule has 0 saturated heterocycles. The van der Waals surface area contributed by atoms with Gasteiger partial charge in [-0.3, -0.25) is 4.99 Å². The van der Waals surface area contributed by atoms with Crippen LogP contribution in [0.5, 0.6) is 0 Å². The van der Waals surface area contributed by atoms with Crippen molar-refractivity contribution < 1.29 is 0 Å². The second-order valence-electron chi connectivity index (χ2n) is 4.16. The number of para-hydroxylation sites is 2. The zero-order valence-electron chi connectivity index (χ0n) is 10.3. The van der Waals surface area contributed by atoms with E-state index in [0.29, 0.717) is 0 Å². The van der Waals surface area contributed by atoms with Crippen LogP contribution < -0.4 is 10.6 Å². The second kappa shape index (κ2) is 4.53. The molecule has 90 valence electrons. The Labute approximate surface area is 107 Å². The van der Waals surface area contributed by atoms with Gasteiger partial charge in [0.1, 0.15) is 0 Å². The second-order valence-corrected chi connectivity index (χ2v) is 4.16. The molecule has 2 N–H and O–H groups in total. The van der Waals surface area contributed by atoms with Crippen LogP contribution in [0.1, 0.15) is 6.92 Å². The largest absolute Gasteiger partial charge is 0.325 e. The number of fused-ring (bicyclic) bond motifs is 3. The number of benzene rings is 2. The van der Waals surface area contributed by atoms with Gasteiger partial charge in [0.15, 0.2) is 5.96 Å². The molecule has 2 aromatic rings. The van der Waals surface area contributed by atoms with E-state index >= 15 is 0 Å². The standard InChI is InChI=1S/C15H15N3/c1-2-16-15-17-13-9-5-3-7-11(13)12-8-4-6-10-14(12)18-15/h3-10H,2H2,1H3,(H2,16,17,18). The van der Waals surface area contributed by atoms with Crippen molar-refractivity contribution in [3.63, 3.8) is 0 Å². The first-order valence-electron chi connectivity index (χ1n) is 6.15. The third-order valence-electron chi connectivity index (χ3n) is 2.97. The van der Waals surface area contributed by atoms with Crippen molar-refractivity contribution in [2.45, 2.75) is 6.92 Å². The molecule has 2 aromatic carbocycles. The van der Waals surface area contributed by atoms with E-state index in [1.165, 1.54) is 11.1 Å². The summed E-state index contributed by atoms with van der Waals surface area (Å²) in [5.74, 6) is 0.801. The van der Waals surface area contributed by atoms with Crippen molar-refractivity contribution in [2.24, 2.45) is 4.99 Å². The molecular formula is C15H15N3. The fourth-order valence-electron chi connectivity index (χ4n) is 2.18. The van der Waals surface area contributed by atoms with Gasteiger partial charge in [0, 0.05) is 29.0 Å². The van der Waals surface area contributed by atoms with E-state index in [1.54, 1.807) is 0 Å². The van der Waals surface area contributed by atoms with Crippen LogP contribution in [0.2, 0.25) is 0 Å². The smallest absolute Gasteiger partial charge is 0.200 e. The van der Waals surface area contributed by atoms with Gasteiger partial charge in [-0.05, 0) is 19.1 Å². The molecule has 0 spiro atoms. The van der Waals surface area contributed by atoms with E-state index in [2.05, 4.69) is 52.0 Å². The summed E-state index contributed by atoms with van der Waals surface area (Å²) in [5, 5.41) is 6.69. The van der Waals surface area contributed by atoms with Crippen LogP contribution in [-0.2, 0) is 0 Å². The summed E-state index contributed by atoms with van der Waals surface area (Å²) < 4.78 is 0. The predicted octanol–water partition coefficient (Wildman–Crippen LogP) is 3.57. The van der Waals surface area contributed by atoms with Gasteiger partial charge in [0.25, 0.3) is 0 Å². The third-order valence-corrected chi connectivity index (χ3v) is 2.97. The molecule has 0 saturated carbocycles. The van der Waals surface area contributed by atoms with Gasteiger partial charge in [-0.25, -0.2) is 0 Å². The topological polar surface area (TPSA) is 36.4 Å². The summed E-state index contributed by atoms with van der Waals surface area (Å²) in [6, 6.07) is 16.6. The minimum Gasteiger partial charge on any atom is -0.325 e. The normalized spacial score (nSPS) is 12.6. The fourth-order valence-corrected chi connectivity index (χ4v) is 2.18. The number of nitrogens with one attached hydrogen (secondary N) is 2. The maximum atomic E-state index is 4.44. The third kappa shape index (κ3) is 1.84. The van der Waals surface area contributed by atoms with Crippen molar-refractivity contribution >= 4 is 17.3 Å². The molecule has 0 bridgehead atoms. The van der Waals surface area contributed by atoms with E-state index in [0.717, 1.165) is 23.9 Å². The summed E-state index contributed by atoms with van der Waals surface area (Å²) in [5.41, 5.74) is 4.56. The fraction of sp³-hybridized carbons (Fsp3) is 0.133. The zero-order valence-corrected chi connectivity index (χ0v) is 10.3. The lowest BCUT2D eigenvalue weighted by atomic mass is 10.0. The van der Waals surface area contributed by atoms with E-state index in [4.69, 9.17) is 0 Å². The van der Waals surface area contributed by atoms with Gasteiger partial charge in [-0.1, -0.05) is 36.4 Å². The highest BCUT2D eigenvalue weighted by atomic mass is 15.2. The van der Waals surface area contributed by atoms with Crippen molar-refractivity contribution in [1.29, 1.82) is 0 Å². The highest BCUT2D eigenvalue weighted by Gasteiger charge is 2.15. The summed E-state index contributed by atoms with van der Waals surface area (Å²) >= 11 is 0. The molecule has 0 amide bonds. The Morgan fingerprint density at radius 1 is 0.833 bits per heavy atom. The van der Waals surface area contributed by atoms with Crippen molar-refractivity contribution in [3.05, 3.63) is 48.5 Å². The number of aliphatic imine (C=N–C) groups is 1. The first kappa shape index (κ1) is 10.8. The van der Waals surface area contributed by atoms with Gasteiger partial charge in [0.2, 0.25) is 0 Å². The molecule has 1 heterocycles. The molecule has 0 fully saturated rings. The molecule has 3 heteroatoms. The van der Waals surface area contributed by atoms with Crippen LogP contribution in [0.4, 0.5) is 11.4 Å². The quantitative estimate of drug-likeness (QED) is 0.795. The maximum Gasteiger partial charge on any atom is 0.200 e. The molecule has 0 aliphatic carbocycles. The molecule has 18 heavy (non-hydrogen) atoms. The number of anilines is 2. The highest BCUT2D eigenvalue weighted by molar-refractivity contribution is 6.10. The van der Waals surface area contributed by atoms with Crippen LogP contribution in [0.3, 0.4) is 0 Å². The number of guanidine groups is 1. The average molecular weight is 237 g/mol. The Hall–Kier alpha value is -2.29. The minimum absolute atomic E-state index is 0.750. The van der Waals surface area contributed by atoms with Crippen molar-refractivity contribution in [2.75, 3.05) is 17.2 Å². The summed E-state index contributed by atoms with van der Waals surface area (Å²) in [7, 11) is 0. The van der Waals surface area contributed by atoms with Gasteiger partial charge < -0.3 is 10.6 Å². The minimum atomic E-state index is 0.750. The van der Waals surface area contributed by atoms with Crippen molar-refractivity contribution in [1.82, 2.24) is 0 Å². The van der Waals surface area contributed by atoms with Gasteiger partial charge in [-0.2, -0.15) is 0 Å². The lowest BCUT2D eigenvalue weighted by Crippen LogP contribution is -2.21. The van der Waals surface area contributed by atoms with Crippen molar-refractivity contribution in [3.8, 4) is 11.1 Å². The van der Waals surface area contributed by atoms with Crippen LogP contribution >= 0.6 is 0 Å². The average Bonchev–Trinajstić information content (AvgIpc) is 2.55. The van der Waals surface area contributed by atoms with Crippen LogP contribution in [-0.4, -0.2) is 12.5 Å².